The molecule has 4 N–H and O–H groups in total. The maximum Gasteiger partial charge on any atom is 0.258 e. The maximum atomic E-state index is 14.1. The molecule has 3 aromatic rings. The Balaban J connectivity index is 1.48. The molecule has 0 aliphatic carbocycles. The maximum absolute atomic E-state index is 14.1. The SMILES string of the molecule is Cc1ccccc1CNC(=O)C1N(C(=O)[C@@H](O)[C@H](Cc2ccccc2)NC(=O)C(NC(=O)COc2cccc(N(C)C)c2)C(C)C)CSC1(C)C. The summed E-state index contributed by atoms with van der Waals surface area (Å²) in [6.45, 7) is 9.35. The van der Waals surface area contributed by atoms with Gasteiger partial charge in [0.2, 0.25) is 11.8 Å². The monoisotopic (exact) mass is 717 g/mol. The molecule has 4 rings (SSSR count). The van der Waals surface area contributed by atoms with E-state index in [1.54, 1.807) is 19.9 Å². The van der Waals surface area contributed by atoms with Crippen molar-refractivity contribution >= 4 is 41.1 Å². The van der Waals surface area contributed by atoms with Crippen LogP contribution in [0.5, 0.6) is 5.75 Å². The number of aliphatic hydroxyl groups is 1. The molecule has 0 radical (unpaired) electrons. The Morgan fingerprint density at radius 2 is 1.67 bits per heavy atom. The Morgan fingerprint density at radius 3 is 2.33 bits per heavy atom. The number of amides is 4. The van der Waals surface area contributed by atoms with Gasteiger partial charge >= 0.3 is 0 Å². The zero-order chi connectivity index (χ0) is 37.3. The number of ether oxygens (including phenoxy) is 1. The van der Waals surface area contributed by atoms with E-state index >= 15 is 0 Å². The number of benzene rings is 3. The van der Waals surface area contributed by atoms with E-state index in [1.807, 2.05) is 113 Å². The van der Waals surface area contributed by atoms with Crippen LogP contribution in [0.15, 0.2) is 78.9 Å². The van der Waals surface area contributed by atoms with Crippen molar-refractivity contribution in [3.05, 3.63) is 95.6 Å². The Morgan fingerprint density at radius 1 is 0.980 bits per heavy atom. The third kappa shape index (κ3) is 10.5. The fourth-order valence-corrected chi connectivity index (χ4v) is 7.12. The zero-order valence-corrected chi connectivity index (χ0v) is 31.3. The first-order chi connectivity index (χ1) is 24.2. The largest absolute Gasteiger partial charge is 0.484 e. The smallest absolute Gasteiger partial charge is 0.258 e. The van der Waals surface area contributed by atoms with Crippen molar-refractivity contribution in [3.63, 3.8) is 0 Å². The average molecular weight is 718 g/mol. The van der Waals surface area contributed by atoms with Crippen LogP contribution >= 0.6 is 11.8 Å². The summed E-state index contributed by atoms with van der Waals surface area (Å²) in [4.78, 5) is 57.9. The number of aryl methyl sites for hydroxylation is 1. The molecular weight excluding hydrogens is 667 g/mol. The van der Waals surface area contributed by atoms with E-state index in [9.17, 15) is 24.3 Å². The van der Waals surface area contributed by atoms with Gasteiger partial charge in [-0.2, -0.15) is 0 Å². The molecule has 1 aliphatic rings. The highest BCUT2D eigenvalue weighted by atomic mass is 32.2. The lowest BCUT2D eigenvalue weighted by Crippen LogP contribution is -2.60. The van der Waals surface area contributed by atoms with Crippen LogP contribution in [0.25, 0.3) is 0 Å². The van der Waals surface area contributed by atoms with Crippen molar-refractivity contribution in [1.29, 1.82) is 0 Å². The Hall–Kier alpha value is -4.55. The van der Waals surface area contributed by atoms with Crippen LogP contribution in [-0.2, 0) is 32.1 Å². The van der Waals surface area contributed by atoms with Gasteiger partial charge in [-0.25, -0.2) is 0 Å². The summed E-state index contributed by atoms with van der Waals surface area (Å²) in [6, 6.07) is 21.4. The van der Waals surface area contributed by atoms with Gasteiger partial charge in [-0.05, 0) is 61.9 Å². The molecule has 1 saturated heterocycles. The van der Waals surface area contributed by atoms with Crippen LogP contribution in [0.3, 0.4) is 0 Å². The summed E-state index contributed by atoms with van der Waals surface area (Å²) in [6.07, 6.45) is -1.54. The standard InChI is InChI=1S/C39H51N5O6S/c1-25(2)33(42-32(45)23-50-30-19-13-18-29(21-30)43(6)7)36(47)41-31(20-27-15-9-8-10-16-27)34(46)38(49)44-24-51-39(4,5)35(44)37(48)40-22-28-17-12-11-14-26(28)3/h8-19,21,25,31,33-35,46H,20,22-24H2,1-7H3,(H,40,48)(H,41,47)(H,42,45)/t31-,33?,34-,35?/m0/s1. The summed E-state index contributed by atoms with van der Waals surface area (Å²) in [5.41, 5.74) is 3.71. The third-order valence-corrected chi connectivity index (χ3v) is 10.4. The molecule has 1 fully saturated rings. The molecule has 3 aromatic carbocycles. The number of carbonyl (C=O) groups excluding carboxylic acids is 4. The summed E-state index contributed by atoms with van der Waals surface area (Å²) in [7, 11) is 3.81. The van der Waals surface area contributed by atoms with Gasteiger partial charge in [0.25, 0.3) is 11.8 Å². The first-order valence-corrected chi connectivity index (χ1v) is 18.1. The topological polar surface area (TPSA) is 140 Å². The van der Waals surface area contributed by atoms with Crippen LogP contribution in [0.2, 0.25) is 0 Å². The Kier molecular flexibility index (Phi) is 13.5. The number of carbonyl (C=O) groups is 4. The van der Waals surface area contributed by atoms with Crippen molar-refractivity contribution in [2.45, 2.75) is 76.6 Å². The second-order valence-corrected chi connectivity index (χ2v) is 15.6. The Bertz CT molecular complexity index is 1670. The van der Waals surface area contributed by atoms with Gasteiger partial charge in [-0.1, -0.05) is 74.5 Å². The van der Waals surface area contributed by atoms with E-state index in [0.29, 0.717) is 12.3 Å². The van der Waals surface area contributed by atoms with Crippen LogP contribution < -0.4 is 25.6 Å². The van der Waals surface area contributed by atoms with Gasteiger partial charge in [0.1, 0.15) is 17.8 Å². The summed E-state index contributed by atoms with van der Waals surface area (Å²) < 4.78 is 5.07. The second-order valence-electron chi connectivity index (χ2n) is 14.0. The molecule has 12 heteroatoms. The van der Waals surface area contributed by atoms with E-state index in [1.165, 1.54) is 16.7 Å². The number of nitrogens with zero attached hydrogens (tertiary/aromatic N) is 2. The molecule has 1 heterocycles. The highest BCUT2D eigenvalue weighted by Gasteiger charge is 2.50. The van der Waals surface area contributed by atoms with E-state index < -0.39 is 46.7 Å². The molecule has 274 valence electrons. The number of hydrogen-bond donors (Lipinski definition) is 4. The van der Waals surface area contributed by atoms with Gasteiger partial charge < -0.3 is 35.6 Å². The quantitative estimate of drug-likeness (QED) is 0.187. The third-order valence-electron chi connectivity index (χ3n) is 9.02. The van der Waals surface area contributed by atoms with E-state index in [4.69, 9.17) is 4.74 Å². The molecule has 51 heavy (non-hydrogen) atoms. The fraction of sp³-hybridized carbons (Fsp3) is 0.436. The summed E-state index contributed by atoms with van der Waals surface area (Å²) >= 11 is 1.45. The molecule has 4 atom stereocenters. The molecule has 2 unspecified atom stereocenters. The second kappa shape index (κ2) is 17.6. The first-order valence-electron chi connectivity index (χ1n) is 17.2. The van der Waals surface area contributed by atoms with E-state index in [2.05, 4.69) is 16.0 Å². The van der Waals surface area contributed by atoms with Gasteiger partial charge in [0.15, 0.2) is 12.7 Å². The predicted octanol–water partition coefficient (Wildman–Crippen LogP) is 3.67. The number of hydrogen-bond acceptors (Lipinski definition) is 8. The number of thioether (sulfide) groups is 1. The zero-order valence-electron chi connectivity index (χ0n) is 30.5. The van der Waals surface area contributed by atoms with Gasteiger partial charge in [-0.3, -0.25) is 19.2 Å². The summed E-state index contributed by atoms with van der Waals surface area (Å²) in [5, 5.41) is 20.3. The minimum Gasteiger partial charge on any atom is -0.484 e. The average Bonchev–Trinajstić information content (AvgIpc) is 3.43. The Labute approximate surface area is 305 Å². The highest BCUT2D eigenvalue weighted by molar-refractivity contribution is 8.00. The summed E-state index contributed by atoms with van der Waals surface area (Å²) in [5.74, 6) is -1.65. The van der Waals surface area contributed by atoms with Crippen LogP contribution in [-0.4, -0.2) is 89.2 Å². The molecule has 0 bridgehead atoms. The lowest BCUT2D eigenvalue weighted by atomic mass is 9.96. The minimum atomic E-state index is -1.67. The molecular formula is C39H51N5O6S. The molecule has 0 aromatic heterocycles. The number of anilines is 1. The number of aliphatic hydroxyl groups excluding tert-OH is 1. The molecule has 11 nitrogen and oxygen atoms in total. The molecule has 0 spiro atoms. The molecule has 4 amide bonds. The van der Waals surface area contributed by atoms with Crippen LogP contribution in [0.1, 0.15) is 44.4 Å². The van der Waals surface area contributed by atoms with Crippen molar-refractivity contribution in [2.24, 2.45) is 5.92 Å². The highest BCUT2D eigenvalue weighted by Crippen LogP contribution is 2.40. The van der Waals surface area contributed by atoms with E-state index in [0.717, 1.165) is 22.4 Å². The normalized spacial score (nSPS) is 16.9. The predicted molar refractivity (Wildman–Crippen MR) is 201 cm³/mol. The lowest BCUT2D eigenvalue weighted by Gasteiger charge is -2.34. The van der Waals surface area contributed by atoms with Crippen molar-refractivity contribution < 1.29 is 29.0 Å². The lowest BCUT2D eigenvalue weighted by molar-refractivity contribution is -0.148. The van der Waals surface area contributed by atoms with Gasteiger partial charge in [0.05, 0.1) is 11.9 Å². The fourth-order valence-electron chi connectivity index (χ4n) is 5.97. The minimum absolute atomic E-state index is 0.137. The number of rotatable bonds is 15. The van der Waals surface area contributed by atoms with Crippen molar-refractivity contribution in [3.8, 4) is 5.75 Å². The molecule has 1 aliphatic heterocycles. The van der Waals surface area contributed by atoms with Gasteiger partial charge in [-0.15, -0.1) is 11.8 Å². The van der Waals surface area contributed by atoms with Crippen LogP contribution in [0.4, 0.5) is 5.69 Å². The van der Waals surface area contributed by atoms with E-state index in [-0.39, 0.29) is 30.7 Å². The van der Waals surface area contributed by atoms with Crippen molar-refractivity contribution in [1.82, 2.24) is 20.9 Å². The van der Waals surface area contributed by atoms with Gasteiger partial charge in [0, 0.05) is 37.1 Å². The first kappa shape index (κ1) is 39.2. The van der Waals surface area contributed by atoms with Crippen molar-refractivity contribution in [2.75, 3.05) is 31.5 Å². The molecule has 0 saturated carbocycles. The number of nitrogens with one attached hydrogen (secondary N) is 3. The van der Waals surface area contributed by atoms with Crippen LogP contribution in [0, 0.1) is 12.8 Å².